The summed E-state index contributed by atoms with van der Waals surface area (Å²) in [6.07, 6.45) is 0. The smallest absolute Gasteiger partial charge is 0.176 e. The molecule has 0 spiro atoms. The molecule has 2 N–H and O–H groups in total. The molecule has 0 amide bonds. The second-order valence-electron chi connectivity index (χ2n) is 2.26. The maximum atomic E-state index is 11.1. The zero-order chi connectivity index (χ0) is 9.14. The van der Waals surface area contributed by atoms with Gasteiger partial charge in [-0.15, -0.1) is 12.4 Å². The van der Waals surface area contributed by atoms with Crippen LogP contribution in [0.15, 0.2) is 22.7 Å². The summed E-state index contributed by atoms with van der Waals surface area (Å²) in [5, 5.41) is 0.587. The number of benzene rings is 1. The van der Waals surface area contributed by atoms with Gasteiger partial charge in [-0.3, -0.25) is 4.79 Å². The van der Waals surface area contributed by atoms with E-state index >= 15 is 0 Å². The number of hydrogen-bond acceptors (Lipinski definition) is 2. The minimum Gasteiger partial charge on any atom is -0.324 e. The Balaban J connectivity index is 0.00000144. The lowest BCUT2D eigenvalue weighted by atomic mass is 10.1. The highest BCUT2D eigenvalue weighted by Crippen LogP contribution is 2.23. The van der Waals surface area contributed by atoms with E-state index in [2.05, 4.69) is 15.9 Å². The van der Waals surface area contributed by atoms with Crippen LogP contribution in [-0.2, 0) is 0 Å². The standard InChI is InChI=1S/C8H7BrClNO.ClH/c9-6-3-5(8(12)4-11)1-2-7(6)10;/h1-3H,4,11H2;1H. The Morgan fingerprint density at radius 1 is 1.54 bits per heavy atom. The number of Topliss-reactive ketones (excluding diaryl/α,β-unsaturated/α-hetero) is 1. The van der Waals surface area contributed by atoms with Crippen LogP contribution in [0.1, 0.15) is 10.4 Å². The quantitative estimate of drug-likeness (QED) is 0.849. The molecule has 0 aliphatic heterocycles. The highest BCUT2D eigenvalue weighted by molar-refractivity contribution is 9.10. The van der Waals surface area contributed by atoms with Gasteiger partial charge in [0.2, 0.25) is 0 Å². The number of rotatable bonds is 2. The predicted molar refractivity (Wildman–Crippen MR) is 59.8 cm³/mol. The number of ketones is 1. The normalized spacial score (nSPS) is 9.15. The minimum atomic E-state index is -0.0904. The Labute approximate surface area is 96.0 Å². The first kappa shape index (κ1) is 12.9. The lowest BCUT2D eigenvalue weighted by Gasteiger charge is -1.99. The molecule has 0 fully saturated rings. The monoisotopic (exact) mass is 283 g/mol. The molecule has 0 aromatic heterocycles. The third-order valence-corrected chi connectivity index (χ3v) is 2.64. The van der Waals surface area contributed by atoms with Crippen LogP contribution in [0.5, 0.6) is 0 Å². The van der Waals surface area contributed by atoms with E-state index in [1.54, 1.807) is 18.2 Å². The van der Waals surface area contributed by atoms with Crippen molar-refractivity contribution in [3.63, 3.8) is 0 Å². The maximum absolute atomic E-state index is 11.1. The summed E-state index contributed by atoms with van der Waals surface area (Å²) in [6.45, 7) is 0.0219. The summed E-state index contributed by atoms with van der Waals surface area (Å²) in [7, 11) is 0. The fourth-order valence-corrected chi connectivity index (χ4v) is 1.28. The SMILES string of the molecule is Cl.NCC(=O)c1ccc(Cl)c(Br)c1. The van der Waals surface area contributed by atoms with Crippen molar-refractivity contribution in [3.8, 4) is 0 Å². The van der Waals surface area contributed by atoms with Crippen LogP contribution < -0.4 is 5.73 Å². The number of nitrogens with two attached hydrogens (primary N) is 1. The van der Waals surface area contributed by atoms with E-state index in [1.165, 1.54) is 0 Å². The Hall–Kier alpha value is -0.0900. The summed E-state index contributed by atoms with van der Waals surface area (Å²) in [5.74, 6) is -0.0904. The molecule has 5 heteroatoms. The Morgan fingerprint density at radius 3 is 2.62 bits per heavy atom. The van der Waals surface area contributed by atoms with Crippen molar-refractivity contribution in [1.29, 1.82) is 0 Å². The third kappa shape index (κ3) is 3.27. The first-order chi connectivity index (χ1) is 5.65. The van der Waals surface area contributed by atoms with Gasteiger partial charge in [0.25, 0.3) is 0 Å². The minimum absolute atomic E-state index is 0. The molecule has 1 aromatic carbocycles. The molecular weight excluding hydrogens is 277 g/mol. The van der Waals surface area contributed by atoms with Crippen molar-refractivity contribution in [2.24, 2.45) is 5.73 Å². The molecule has 0 saturated heterocycles. The van der Waals surface area contributed by atoms with Crippen molar-refractivity contribution in [1.82, 2.24) is 0 Å². The molecule has 0 atom stereocenters. The summed E-state index contributed by atoms with van der Waals surface area (Å²) >= 11 is 8.96. The van der Waals surface area contributed by atoms with Crippen molar-refractivity contribution < 1.29 is 4.79 Å². The average molecular weight is 285 g/mol. The highest BCUT2D eigenvalue weighted by Gasteiger charge is 2.04. The van der Waals surface area contributed by atoms with Gasteiger partial charge in [-0.1, -0.05) is 11.6 Å². The molecule has 13 heavy (non-hydrogen) atoms. The van der Waals surface area contributed by atoms with E-state index in [1.807, 2.05) is 0 Å². The van der Waals surface area contributed by atoms with Crippen LogP contribution in [-0.4, -0.2) is 12.3 Å². The van der Waals surface area contributed by atoms with Gasteiger partial charge in [0.1, 0.15) is 0 Å². The van der Waals surface area contributed by atoms with Crippen molar-refractivity contribution in [3.05, 3.63) is 33.3 Å². The summed E-state index contributed by atoms with van der Waals surface area (Å²) in [5.41, 5.74) is 5.77. The molecule has 0 saturated carbocycles. The molecule has 0 unspecified atom stereocenters. The Bertz CT molecular complexity index is 317. The molecule has 0 bridgehead atoms. The molecule has 0 radical (unpaired) electrons. The van der Waals surface area contributed by atoms with Crippen LogP contribution in [0.25, 0.3) is 0 Å². The number of carbonyl (C=O) groups is 1. The van der Waals surface area contributed by atoms with Crippen LogP contribution >= 0.6 is 39.9 Å². The van der Waals surface area contributed by atoms with Gasteiger partial charge in [0, 0.05) is 10.0 Å². The molecule has 0 aliphatic rings. The van der Waals surface area contributed by atoms with Crippen LogP contribution in [0.2, 0.25) is 5.02 Å². The average Bonchev–Trinajstić information content (AvgIpc) is 2.08. The highest BCUT2D eigenvalue weighted by atomic mass is 79.9. The van der Waals surface area contributed by atoms with E-state index in [-0.39, 0.29) is 24.7 Å². The van der Waals surface area contributed by atoms with E-state index in [4.69, 9.17) is 17.3 Å². The summed E-state index contributed by atoms with van der Waals surface area (Å²) < 4.78 is 0.712. The lowest BCUT2D eigenvalue weighted by Crippen LogP contribution is -2.13. The van der Waals surface area contributed by atoms with Crippen LogP contribution in [0.3, 0.4) is 0 Å². The second-order valence-corrected chi connectivity index (χ2v) is 3.52. The molecular formula is C8H8BrCl2NO. The summed E-state index contributed by atoms with van der Waals surface area (Å²) in [4.78, 5) is 11.1. The molecule has 1 aromatic rings. The number of hydrogen-bond donors (Lipinski definition) is 1. The molecule has 2 nitrogen and oxygen atoms in total. The Morgan fingerprint density at radius 2 is 2.15 bits per heavy atom. The first-order valence-electron chi connectivity index (χ1n) is 3.33. The first-order valence-corrected chi connectivity index (χ1v) is 4.50. The number of halogens is 3. The predicted octanol–water partition coefficient (Wildman–Crippen LogP) is 2.67. The zero-order valence-corrected chi connectivity index (χ0v) is 9.75. The van der Waals surface area contributed by atoms with Crippen molar-refractivity contribution in [2.75, 3.05) is 6.54 Å². The van der Waals surface area contributed by atoms with Gasteiger partial charge in [0.15, 0.2) is 5.78 Å². The van der Waals surface area contributed by atoms with Gasteiger partial charge >= 0.3 is 0 Å². The fraction of sp³-hybridized carbons (Fsp3) is 0.125. The number of carbonyl (C=O) groups excluding carboxylic acids is 1. The van der Waals surface area contributed by atoms with Gasteiger partial charge in [-0.2, -0.15) is 0 Å². The molecule has 0 aliphatic carbocycles. The zero-order valence-electron chi connectivity index (χ0n) is 6.59. The largest absolute Gasteiger partial charge is 0.324 e. The molecule has 72 valence electrons. The maximum Gasteiger partial charge on any atom is 0.176 e. The summed E-state index contributed by atoms with van der Waals surface area (Å²) in [6, 6.07) is 4.98. The van der Waals surface area contributed by atoms with Crippen LogP contribution in [0.4, 0.5) is 0 Å². The van der Waals surface area contributed by atoms with E-state index in [0.29, 0.717) is 15.1 Å². The second kappa shape index (κ2) is 5.60. The van der Waals surface area contributed by atoms with Crippen molar-refractivity contribution in [2.45, 2.75) is 0 Å². The fourth-order valence-electron chi connectivity index (χ4n) is 0.787. The topological polar surface area (TPSA) is 43.1 Å². The van der Waals surface area contributed by atoms with Gasteiger partial charge in [-0.25, -0.2) is 0 Å². The Kier molecular flexibility index (Phi) is 5.56. The lowest BCUT2D eigenvalue weighted by molar-refractivity contribution is 0.100. The molecule has 0 heterocycles. The van der Waals surface area contributed by atoms with Gasteiger partial charge < -0.3 is 5.73 Å². The van der Waals surface area contributed by atoms with Gasteiger partial charge in [0.05, 0.1) is 11.6 Å². The van der Waals surface area contributed by atoms with E-state index in [9.17, 15) is 4.79 Å². The molecule has 1 rings (SSSR count). The van der Waals surface area contributed by atoms with Gasteiger partial charge in [-0.05, 0) is 34.1 Å². The van der Waals surface area contributed by atoms with E-state index in [0.717, 1.165) is 0 Å². The third-order valence-electron chi connectivity index (χ3n) is 1.43. The van der Waals surface area contributed by atoms with Crippen LogP contribution in [0, 0.1) is 0 Å². The van der Waals surface area contributed by atoms with Crippen molar-refractivity contribution >= 4 is 45.7 Å². The van der Waals surface area contributed by atoms with E-state index < -0.39 is 0 Å².